The maximum Gasteiger partial charge on any atom is 0.339 e. The number of H-pyrrole nitrogens is 1. The van der Waals surface area contributed by atoms with Crippen LogP contribution in [0.5, 0.6) is 0 Å². The number of para-hydroxylation sites is 1. The van der Waals surface area contributed by atoms with Crippen LogP contribution >= 0.6 is 22.9 Å². The molecule has 0 aliphatic carbocycles. The average molecular weight is 397 g/mol. The number of benzene rings is 2. The third kappa shape index (κ3) is 3.20. The second-order valence-corrected chi connectivity index (χ2v) is 7.18. The summed E-state index contributed by atoms with van der Waals surface area (Å²) in [6.07, 6.45) is 1.76. The van der Waals surface area contributed by atoms with E-state index in [1.807, 2.05) is 12.1 Å². The number of carbonyl (C=O) groups is 2. The van der Waals surface area contributed by atoms with Crippen LogP contribution in [0.4, 0.5) is 5.00 Å². The van der Waals surface area contributed by atoms with E-state index in [4.69, 9.17) is 11.6 Å². The molecule has 0 saturated heterocycles. The summed E-state index contributed by atoms with van der Waals surface area (Å²) in [5.74, 6) is -1.47. The molecule has 0 radical (unpaired) electrons. The Morgan fingerprint density at radius 1 is 1.07 bits per heavy atom. The molecule has 5 nitrogen and oxygen atoms in total. The van der Waals surface area contributed by atoms with Gasteiger partial charge in [0, 0.05) is 27.5 Å². The molecule has 0 spiro atoms. The molecule has 4 rings (SSSR count). The number of aromatic carboxylic acids is 1. The highest BCUT2D eigenvalue weighted by molar-refractivity contribution is 7.15. The highest BCUT2D eigenvalue weighted by atomic mass is 35.5. The number of halogens is 1. The summed E-state index contributed by atoms with van der Waals surface area (Å²) in [5, 5.41) is 15.9. The molecule has 2 aromatic heterocycles. The van der Waals surface area contributed by atoms with Crippen molar-refractivity contribution in [2.45, 2.75) is 0 Å². The van der Waals surface area contributed by atoms with Crippen LogP contribution in [-0.4, -0.2) is 22.0 Å². The van der Waals surface area contributed by atoms with Gasteiger partial charge in [0.15, 0.2) is 0 Å². The molecule has 1 amide bonds. The Hall–Kier alpha value is -3.09. The van der Waals surface area contributed by atoms with Gasteiger partial charge in [-0.1, -0.05) is 35.9 Å². The van der Waals surface area contributed by atoms with Crippen molar-refractivity contribution in [2.75, 3.05) is 5.32 Å². The lowest BCUT2D eigenvalue weighted by molar-refractivity contribution is 0.0699. The molecule has 2 heterocycles. The van der Waals surface area contributed by atoms with Crippen LogP contribution in [0.2, 0.25) is 5.02 Å². The molecule has 0 unspecified atom stereocenters. The van der Waals surface area contributed by atoms with Crippen molar-refractivity contribution in [1.82, 2.24) is 4.98 Å². The van der Waals surface area contributed by atoms with Crippen LogP contribution in [0.25, 0.3) is 22.0 Å². The fourth-order valence-corrected chi connectivity index (χ4v) is 4.03. The van der Waals surface area contributed by atoms with Gasteiger partial charge in [0.2, 0.25) is 0 Å². The van der Waals surface area contributed by atoms with Gasteiger partial charge >= 0.3 is 5.97 Å². The molecular formula is C20H13ClN2O3S. The summed E-state index contributed by atoms with van der Waals surface area (Å²) in [6, 6.07) is 14.2. The number of carbonyl (C=O) groups excluding carboxylic acids is 1. The van der Waals surface area contributed by atoms with Gasteiger partial charge in [-0.05, 0) is 29.8 Å². The van der Waals surface area contributed by atoms with E-state index in [0.29, 0.717) is 26.7 Å². The molecule has 2 aromatic carbocycles. The van der Waals surface area contributed by atoms with Gasteiger partial charge in [-0.3, -0.25) is 4.79 Å². The van der Waals surface area contributed by atoms with Crippen LogP contribution in [0.1, 0.15) is 20.7 Å². The van der Waals surface area contributed by atoms with Crippen LogP contribution < -0.4 is 5.32 Å². The van der Waals surface area contributed by atoms with Crippen molar-refractivity contribution in [3.63, 3.8) is 0 Å². The number of carboxylic acids is 1. The van der Waals surface area contributed by atoms with E-state index in [0.717, 1.165) is 10.9 Å². The first-order valence-electron chi connectivity index (χ1n) is 8.03. The zero-order valence-electron chi connectivity index (χ0n) is 13.8. The molecule has 0 atom stereocenters. The van der Waals surface area contributed by atoms with E-state index >= 15 is 0 Å². The first-order valence-corrected chi connectivity index (χ1v) is 9.28. The first kappa shape index (κ1) is 17.3. The summed E-state index contributed by atoms with van der Waals surface area (Å²) in [5.41, 5.74) is 2.49. The van der Waals surface area contributed by atoms with E-state index in [-0.39, 0.29) is 11.5 Å². The van der Waals surface area contributed by atoms with Gasteiger partial charge in [-0.25, -0.2) is 4.79 Å². The predicted molar refractivity (Wildman–Crippen MR) is 108 cm³/mol. The number of hydrogen-bond acceptors (Lipinski definition) is 3. The second kappa shape index (κ2) is 6.90. The van der Waals surface area contributed by atoms with E-state index in [2.05, 4.69) is 10.3 Å². The van der Waals surface area contributed by atoms with E-state index < -0.39 is 5.97 Å². The van der Waals surface area contributed by atoms with Crippen LogP contribution in [0, 0.1) is 0 Å². The van der Waals surface area contributed by atoms with Crippen molar-refractivity contribution in [2.24, 2.45) is 0 Å². The zero-order chi connectivity index (χ0) is 19.0. The molecule has 4 aromatic rings. The summed E-state index contributed by atoms with van der Waals surface area (Å²) in [7, 11) is 0. The molecule has 0 aliphatic heterocycles. The van der Waals surface area contributed by atoms with Crippen molar-refractivity contribution in [3.05, 3.63) is 76.3 Å². The number of hydrogen-bond donors (Lipinski definition) is 3. The zero-order valence-corrected chi connectivity index (χ0v) is 15.4. The second-order valence-electron chi connectivity index (χ2n) is 5.87. The number of fused-ring (bicyclic) bond motifs is 1. The lowest BCUT2D eigenvalue weighted by atomic mass is 10.0. The van der Waals surface area contributed by atoms with Gasteiger partial charge in [0.1, 0.15) is 10.6 Å². The molecule has 0 bridgehead atoms. The monoisotopic (exact) mass is 396 g/mol. The van der Waals surface area contributed by atoms with Crippen LogP contribution in [0.15, 0.2) is 60.1 Å². The Morgan fingerprint density at radius 3 is 2.59 bits per heavy atom. The highest BCUT2D eigenvalue weighted by Crippen LogP contribution is 2.36. The Kier molecular flexibility index (Phi) is 4.43. The molecule has 3 N–H and O–H groups in total. The van der Waals surface area contributed by atoms with E-state index in [1.54, 1.807) is 48.0 Å². The highest BCUT2D eigenvalue weighted by Gasteiger charge is 2.22. The third-order valence-electron chi connectivity index (χ3n) is 4.22. The average Bonchev–Trinajstić information content (AvgIpc) is 3.28. The minimum Gasteiger partial charge on any atom is -0.478 e. The smallest absolute Gasteiger partial charge is 0.339 e. The molecule has 134 valence electrons. The molecule has 0 aliphatic rings. The quantitative estimate of drug-likeness (QED) is 0.426. The minimum absolute atomic E-state index is 0.0642. The lowest BCUT2D eigenvalue weighted by Crippen LogP contribution is -2.14. The molecule has 0 saturated carbocycles. The molecule has 0 fully saturated rings. The Bertz CT molecular complexity index is 1160. The maximum absolute atomic E-state index is 12.8. The number of aromatic amines is 1. The summed E-state index contributed by atoms with van der Waals surface area (Å²) in [4.78, 5) is 27.7. The van der Waals surface area contributed by atoms with Gasteiger partial charge in [0.25, 0.3) is 5.91 Å². The van der Waals surface area contributed by atoms with Crippen molar-refractivity contribution < 1.29 is 14.7 Å². The predicted octanol–water partition coefficient (Wildman–Crippen LogP) is 5.50. The Labute approximate surface area is 163 Å². The minimum atomic E-state index is -1.10. The SMILES string of the molecule is O=C(O)c1c(-c2ccc(Cl)cc2)csc1NC(=O)c1cccc2cc[nH]c12. The van der Waals surface area contributed by atoms with E-state index in [1.165, 1.54) is 11.3 Å². The number of anilines is 1. The Morgan fingerprint density at radius 2 is 1.85 bits per heavy atom. The number of amides is 1. The van der Waals surface area contributed by atoms with Crippen LogP contribution in [0.3, 0.4) is 0 Å². The standard InChI is InChI=1S/C20H13ClN2O3S/c21-13-6-4-11(5-7-13)15-10-27-19(16(15)20(25)26)23-18(24)14-3-1-2-12-8-9-22-17(12)14/h1-10,22H,(H,23,24)(H,25,26). The number of rotatable bonds is 4. The summed E-state index contributed by atoms with van der Waals surface area (Å²) < 4.78 is 0. The van der Waals surface area contributed by atoms with Crippen molar-refractivity contribution >= 4 is 50.7 Å². The first-order chi connectivity index (χ1) is 13.0. The van der Waals surface area contributed by atoms with Gasteiger partial charge < -0.3 is 15.4 Å². The van der Waals surface area contributed by atoms with E-state index in [9.17, 15) is 14.7 Å². The largest absolute Gasteiger partial charge is 0.478 e. The number of carboxylic acid groups (broad SMARTS) is 1. The third-order valence-corrected chi connectivity index (χ3v) is 5.37. The Balaban J connectivity index is 1.72. The fourth-order valence-electron chi connectivity index (χ4n) is 2.95. The van der Waals surface area contributed by atoms with Crippen LogP contribution in [-0.2, 0) is 0 Å². The molecule has 27 heavy (non-hydrogen) atoms. The topological polar surface area (TPSA) is 82.2 Å². The summed E-state index contributed by atoms with van der Waals surface area (Å²) >= 11 is 7.09. The van der Waals surface area contributed by atoms with Gasteiger partial charge in [-0.2, -0.15) is 0 Å². The molecule has 7 heteroatoms. The number of aromatic nitrogens is 1. The number of thiophene rings is 1. The normalized spacial score (nSPS) is 10.9. The van der Waals surface area contributed by atoms with Gasteiger partial charge in [0.05, 0.1) is 11.1 Å². The maximum atomic E-state index is 12.8. The fraction of sp³-hybridized carbons (Fsp3) is 0. The lowest BCUT2D eigenvalue weighted by Gasteiger charge is -2.07. The van der Waals surface area contributed by atoms with Gasteiger partial charge in [-0.15, -0.1) is 11.3 Å². The summed E-state index contributed by atoms with van der Waals surface area (Å²) in [6.45, 7) is 0. The van der Waals surface area contributed by atoms with Crippen molar-refractivity contribution in [1.29, 1.82) is 0 Å². The van der Waals surface area contributed by atoms with Crippen molar-refractivity contribution in [3.8, 4) is 11.1 Å². The molecular weight excluding hydrogens is 384 g/mol. The number of nitrogens with one attached hydrogen (secondary N) is 2.